The number of carbonyl (C=O) groups excluding carboxylic acids is 2. The van der Waals surface area contributed by atoms with Crippen molar-refractivity contribution in [3.05, 3.63) is 59.2 Å². The molecule has 1 amide bonds. The van der Waals surface area contributed by atoms with Crippen LogP contribution in [0, 0.1) is 0 Å². The molecule has 0 radical (unpaired) electrons. The predicted molar refractivity (Wildman–Crippen MR) is 93.1 cm³/mol. The number of fused-ring (bicyclic) bond motifs is 2. The molecule has 128 valence electrons. The number of para-hydroxylation sites is 1. The largest absolute Gasteiger partial charge is 0.493 e. The van der Waals surface area contributed by atoms with E-state index < -0.39 is 0 Å². The number of amides is 1. The van der Waals surface area contributed by atoms with Crippen molar-refractivity contribution in [3.8, 4) is 5.75 Å². The van der Waals surface area contributed by atoms with Gasteiger partial charge in [-0.25, -0.2) is 4.79 Å². The van der Waals surface area contributed by atoms with Crippen molar-refractivity contribution in [2.24, 2.45) is 0 Å². The molecule has 2 heterocycles. The van der Waals surface area contributed by atoms with Crippen molar-refractivity contribution in [2.75, 3.05) is 25.2 Å². The van der Waals surface area contributed by atoms with Crippen LogP contribution in [0.15, 0.2) is 42.5 Å². The molecule has 1 atom stereocenters. The van der Waals surface area contributed by atoms with Gasteiger partial charge in [0.25, 0.3) is 0 Å². The summed E-state index contributed by atoms with van der Waals surface area (Å²) >= 11 is 0. The second-order valence-corrected chi connectivity index (χ2v) is 6.30. The molecule has 0 aliphatic carbocycles. The van der Waals surface area contributed by atoms with Crippen LogP contribution in [-0.2, 0) is 16.0 Å². The van der Waals surface area contributed by atoms with Gasteiger partial charge in [0.2, 0.25) is 5.91 Å². The first kappa shape index (κ1) is 15.7. The first-order valence-corrected chi connectivity index (χ1v) is 8.43. The zero-order valence-corrected chi connectivity index (χ0v) is 14.0. The normalized spacial score (nSPS) is 18.1. The monoisotopic (exact) mass is 337 g/mol. The average molecular weight is 337 g/mol. The van der Waals surface area contributed by atoms with E-state index >= 15 is 0 Å². The second kappa shape index (κ2) is 6.24. The predicted octanol–water partition coefficient (Wildman–Crippen LogP) is 2.93. The van der Waals surface area contributed by atoms with Crippen LogP contribution in [0.2, 0.25) is 0 Å². The van der Waals surface area contributed by atoms with Crippen LogP contribution in [-0.4, -0.2) is 32.1 Å². The van der Waals surface area contributed by atoms with E-state index in [0.29, 0.717) is 25.1 Å². The fourth-order valence-corrected chi connectivity index (χ4v) is 3.66. The fraction of sp³-hybridized carbons (Fsp3) is 0.300. The molecule has 0 N–H and O–H groups in total. The van der Waals surface area contributed by atoms with Crippen LogP contribution in [0.1, 0.15) is 33.8 Å². The Morgan fingerprint density at radius 1 is 1.20 bits per heavy atom. The number of carbonyl (C=O) groups is 2. The molecule has 5 nitrogen and oxygen atoms in total. The lowest BCUT2D eigenvalue weighted by Gasteiger charge is -2.29. The van der Waals surface area contributed by atoms with Gasteiger partial charge in [-0.05, 0) is 42.7 Å². The summed E-state index contributed by atoms with van der Waals surface area (Å²) in [6, 6.07) is 13.1. The summed E-state index contributed by atoms with van der Waals surface area (Å²) in [4.78, 5) is 26.7. The van der Waals surface area contributed by atoms with Crippen molar-refractivity contribution < 1.29 is 19.1 Å². The van der Waals surface area contributed by atoms with E-state index in [1.165, 1.54) is 7.11 Å². The van der Waals surface area contributed by atoms with Gasteiger partial charge in [0.15, 0.2) is 0 Å². The van der Waals surface area contributed by atoms with Crippen molar-refractivity contribution in [3.63, 3.8) is 0 Å². The number of anilines is 1. The van der Waals surface area contributed by atoms with Crippen LogP contribution in [0.4, 0.5) is 5.69 Å². The molecule has 2 aliphatic heterocycles. The number of methoxy groups -OCH3 is 1. The maximum atomic E-state index is 13.2. The number of rotatable bonds is 2. The highest BCUT2D eigenvalue weighted by Gasteiger charge is 2.34. The van der Waals surface area contributed by atoms with Crippen molar-refractivity contribution >= 4 is 17.6 Å². The molecular weight excluding hydrogens is 318 g/mol. The molecule has 2 aliphatic rings. The molecule has 0 fully saturated rings. The van der Waals surface area contributed by atoms with Gasteiger partial charge in [0.05, 0.1) is 25.2 Å². The molecule has 0 saturated carbocycles. The van der Waals surface area contributed by atoms with Crippen molar-refractivity contribution in [2.45, 2.75) is 18.8 Å². The molecule has 25 heavy (non-hydrogen) atoms. The van der Waals surface area contributed by atoms with Crippen molar-refractivity contribution in [1.82, 2.24) is 0 Å². The Hall–Kier alpha value is -2.82. The number of hydrogen-bond donors (Lipinski definition) is 0. The van der Waals surface area contributed by atoms with Gasteiger partial charge in [-0.3, -0.25) is 4.79 Å². The molecule has 2 aromatic carbocycles. The number of nitrogens with zero attached hydrogens (tertiary/aromatic N) is 1. The first-order chi connectivity index (χ1) is 12.2. The number of hydrogen-bond acceptors (Lipinski definition) is 4. The SMILES string of the molecule is COC(=O)c1ccc2c(c1)CCN2C(=O)C1CCOc2ccccc21. The van der Waals surface area contributed by atoms with Gasteiger partial charge in [-0.2, -0.15) is 0 Å². The van der Waals surface area contributed by atoms with Crippen LogP contribution < -0.4 is 9.64 Å². The third kappa shape index (κ3) is 2.65. The Kier molecular flexibility index (Phi) is 3.92. The highest BCUT2D eigenvalue weighted by molar-refractivity contribution is 6.01. The topological polar surface area (TPSA) is 55.8 Å². The molecule has 0 bridgehead atoms. The molecule has 0 spiro atoms. The molecule has 5 heteroatoms. The third-order valence-electron chi connectivity index (χ3n) is 4.92. The number of benzene rings is 2. The summed E-state index contributed by atoms with van der Waals surface area (Å²) in [6.45, 7) is 1.19. The average Bonchev–Trinajstić information content (AvgIpc) is 3.09. The molecule has 0 saturated heterocycles. The van der Waals surface area contributed by atoms with Gasteiger partial charge in [-0.15, -0.1) is 0 Å². The summed E-state index contributed by atoms with van der Waals surface area (Å²) in [7, 11) is 1.37. The molecular formula is C20H19NO4. The zero-order valence-electron chi connectivity index (χ0n) is 14.0. The summed E-state index contributed by atoms with van der Waals surface area (Å²) in [5.41, 5.74) is 3.38. The highest BCUT2D eigenvalue weighted by atomic mass is 16.5. The van der Waals surface area contributed by atoms with E-state index in [-0.39, 0.29) is 17.8 Å². The minimum atomic E-state index is -0.356. The molecule has 0 aromatic heterocycles. The molecule has 2 aromatic rings. The summed E-state index contributed by atoms with van der Waals surface area (Å²) < 4.78 is 10.4. The van der Waals surface area contributed by atoms with Crippen molar-refractivity contribution in [1.29, 1.82) is 0 Å². The molecule has 4 rings (SSSR count). The Bertz CT molecular complexity index is 845. The van der Waals surface area contributed by atoms with Crippen LogP contribution in [0.3, 0.4) is 0 Å². The zero-order chi connectivity index (χ0) is 17.4. The Morgan fingerprint density at radius 3 is 2.88 bits per heavy atom. The summed E-state index contributed by atoms with van der Waals surface area (Å²) in [5, 5.41) is 0. The Balaban J connectivity index is 1.63. The third-order valence-corrected chi connectivity index (χ3v) is 4.92. The Labute approximate surface area is 146 Å². The summed E-state index contributed by atoms with van der Waals surface area (Å²) in [6.07, 6.45) is 1.43. The lowest BCUT2D eigenvalue weighted by atomic mass is 9.92. The van der Waals surface area contributed by atoms with Gasteiger partial charge in [-0.1, -0.05) is 18.2 Å². The number of esters is 1. The van der Waals surface area contributed by atoms with E-state index in [4.69, 9.17) is 9.47 Å². The van der Waals surface area contributed by atoms with E-state index in [1.807, 2.05) is 41.3 Å². The van der Waals surface area contributed by atoms with E-state index in [0.717, 1.165) is 29.0 Å². The lowest BCUT2D eigenvalue weighted by molar-refractivity contribution is -0.120. The maximum absolute atomic E-state index is 13.2. The smallest absolute Gasteiger partial charge is 0.337 e. The minimum Gasteiger partial charge on any atom is -0.493 e. The van der Waals surface area contributed by atoms with Crippen LogP contribution in [0.5, 0.6) is 5.75 Å². The minimum absolute atomic E-state index is 0.0975. The fourth-order valence-electron chi connectivity index (χ4n) is 3.66. The quantitative estimate of drug-likeness (QED) is 0.791. The molecule has 1 unspecified atom stereocenters. The lowest BCUT2D eigenvalue weighted by Crippen LogP contribution is -2.35. The van der Waals surface area contributed by atoms with Gasteiger partial charge in [0, 0.05) is 17.8 Å². The maximum Gasteiger partial charge on any atom is 0.337 e. The van der Waals surface area contributed by atoms with Gasteiger partial charge < -0.3 is 14.4 Å². The van der Waals surface area contributed by atoms with E-state index in [9.17, 15) is 9.59 Å². The first-order valence-electron chi connectivity index (χ1n) is 8.43. The summed E-state index contributed by atoms with van der Waals surface area (Å²) in [5.74, 6) is 0.356. The van der Waals surface area contributed by atoms with E-state index in [1.54, 1.807) is 6.07 Å². The second-order valence-electron chi connectivity index (χ2n) is 6.30. The van der Waals surface area contributed by atoms with Gasteiger partial charge >= 0.3 is 5.97 Å². The van der Waals surface area contributed by atoms with Gasteiger partial charge in [0.1, 0.15) is 5.75 Å². The van der Waals surface area contributed by atoms with Crippen LogP contribution in [0.25, 0.3) is 0 Å². The number of ether oxygens (including phenoxy) is 2. The van der Waals surface area contributed by atoms with E-state index in [2.05, 4.69) is 0 Å². The van der Waals surface area contributed by atoms with Crippen LogP contribution >= 0.6 is 0 Å². The Morgan fingerprint density at radius 2 is 2.04 bits per heavy atom. The standard InChI is InChI=1S/C20H19NO4/c1-24-20(23)14-6-7-17-13(12-14)8-10-21(17)19(22)16-9-11-25-18-5-3-2-4-15(16)18/h2-7,12,16H,8-11H2,1H3. The highest BCUT2D eigenvalue weighted by Crippen LogP contribution is 2.38.